The number of aldehydes is 1. The van der Waals surface area contributed by atoms with Gasteiger partial charge >= 0.3 is 12.1 Å². The highest BCUT2D eigenvalue weighted by atomic mass is 16.6. The van der Waals surface area contributed by atoms with Gasteiger partial charge in [0.2, 0.25) is 5.72 Å². The second-order valence-corrected chi connectivity index (χ2v) is 5.90. The zero-order chi connectivity index (χ0) is 17.5. The maximum atomic E-state index is 11.9. The van der Waals surface area contributed by atoms with Crippen LogP contribution in [0.4, 0.5) is 4.79 Å². The fraction of sp³-hybridized carbons (Fsp3) is 0.438. The van der Waals surface area contributed by atoms with Crippen molar-refractivity contribution < 1.29 is 29.0 Å². The van der Waals surface area contributed by atoms with E-state index in [1.165, 1.54) is 0 Å². The SMILES string of the molecule is CC(C)(C)OC(=O)NC(CC=O)(OCc1ccccc1)C(=O)O. The number of nitrogens with one attached hydrogen (secondary N) is 1. The van der Waals surface area contributed by atoms with Gasteiger partial charge in [0, 0.05) is 0 Å². The third-order valence-electron chi connectivity index (χ3n) is 2.75. The molecular weight excluding hydrogens is 302 g/mol. The maximum absolute atomic E-state index is 11.9. The van der Waals surface area contributed by atoms with Gasteiger partial charge < -0.3 is 19.4 Å². The molecular formula is C16H21NO6. The summed E-state index contributed by atoms with van der Waals surface area (Å²) in [6.07, 6.45) is -1.15. The molecule has 1 atom stereocenters. The number of hydrogen-bond donors (Lipinski definition) is 2. The molecule has 2 N–H and O–H groups in total. The number of carbonyl (C=O) groups excluding carboxylic acids is 2. The number of hydrogen-bond acceptors (Lipinski definition) is 5. The summed E-state index contributed by atoms with van der Waals surface area (Å²) < 4.78 is 10.4. The van der Waals surface area contributed by atoms with E-state index in [1.54, 1.807) is 51.1 Å². The largest absolute Gasteiger partial charge is 0.478 e. The van der Waals surface area contributed by atoms with Gasteiger partial charge in [-0.1, -0.05) is 30.3 Å². The Morgan fingerprint density at radius 1 is 1.22 bits per heavy atom. The van der Waals surface area contributed by atoms with E-state index in [2.05, 4.69) is 5.32 Å². The van der Waals surface area contributed by atoms with Crippen molar-refractivity contribution in [1.82, 2.24) is 5.32 Å². The molecule has 0 aliphatic heterocycles. The van der Waals surface area contributed by atoms with Gasteiger partial charge in [-0.15, -0.1) is 0 Å². The van der Waals surface area contributed by atoms with E-state index in [4.69, 9.17) is 9.47 Å². The van der Waals surface area contributed by atoms with E-state index >= 15 is 0 Å². The van der Waals surface area contributed by atoms with E-state index in [0.29, 0.717) is 11.8 Å². The molecule has 0 aliphatic rings. The van der Waals surface area contributed by atoms with Crippen LogP contribution in [0, 0.1) is 0 Å². The van der Waals surface area contributed by atoms with E-state index in [1.807, 2.05) is 0 Å². The van der Waals surface area contributed by atoms with Gasteiger partial charge in [0.25, 0.3) is 0 Å². The number of alkyl carbamates (subject to hydrolysis) is 1. The number of carboxylic acid groups (broad SMARTS) is 1. The van der Waals surface area contributed by atoms with Crippen molar-refractivity contribution >= 4 is 18.3 Å². The minimum atomic E-state index is -2.18. The standard InChI is InChI=1S/C16H21NO6/c1-15(2,3)23-14(21)17-16(9-10-18,13(19)20)22-11-12-7-5-4-6-8-12/h4-8,10H,9,11H2,1-3H3,(H,17,21)(H,19,20). The van der Waals surface area contributed by atoms with Crippen LogP contribution in [0.3, 0.4) is 0 Å². The Labute approximate surface area is 134 Å². The van der Waals surface area contributed by atoms with Gasteiger partial charge in [0.05, 0.1) is 13.0 Å². The summed E-state index contributed by atoms with van der Waals surface area (Å²) in [5, 5.41) is 11.6. The van der Waals surface area contributed by atoms with Crippen LogP contribution in [-0.4, -0.2) is 34.8 Å². The predicted molar refractivity (Wildman–Crippen MR) is 81.6 cm³/mol. The number of rotatable bonds is 7. The molecule has 1 rings (SSSR count). The smallest absolute Gasteiger partial charge is 0.410 e. The second kappa shape index (κ2) is 7.73. The zero-order valence-corrected chi connectivity index (χ0v) is 13.4. The van der Waals surface area contributed by atoms with Crippen LogP contribution in [0.5, 0.6) is 0 Å². The Morgan fingerprint density at radius 2 is 1.83 bits per heavy atom. The molecule has 0 fully saturated rings. The van der Waals surface area contributed by atoms with Crippen LogP contribution in [-0.2, 0) is 25.7 Å². The number of benzene rings is 1. The highest BCUT2D eigenvalue weighted by Crippen LogP contribution is 2.17. The Morgan fingerprint density at radius 3 is 2.30 bits per heavy atom. The summed E-state index contributed by atoms with van der Waals surface area (Å²) >= 11 is 0. The summed E-state index contributed by atoms with van der Waals surface area (Å²) in [6, 6.07) is 8.81. The van der Waals surface area contributed by atoms with Crippen LogP contribution >= 0.6 is 0 Å². The van der Waals surface area contributed by atoms with Gasteiger partial charge in [-0.2, -0.15) is 0 Å². The Bertz CT molecular complexity index is 551. The fourth-order valence-electron chi connectivity index (χ4n) is 1.72. The van der Waals surface area contributed by atoms with E-state index < -0.39 is 29.8 Å². The molecule has 0 saturated heterocycles. The molecule has 7 heteroatoms. The summed E-state index contributed by atoms with van der Waals surface area (Å²) in [5.41, 5.74) is -2.29. The van der Waals surface area contributed by atoms with Gasteiger partial charge in [-0.25, -0.2) is 9.59 Å². The quantitative estimate of drug-likeness (QED) is 0.588. The van der Waals surface area contributed by atoms with Crippen molar-refractivity contribution in [2.75, 3.05) is 0 Å². The monoisotopic (exact) mass is 323 g/mol. The normalized spacial score (nSPS) is 13.7. The lowest BCUT2D eigenvalue weighted by Crippen LogP contribution is -2.57. The first-order chi connectivity index (χ1) is 10.7. The summed E-state index contributed by atoms with van der Waals surface area (Å²) in [7, 11) is 0. The number of aliphatic carboxylic acids is 1. The van der Waals surface area contributed by atoms with Gasteiger partial charge in [0.15, 0.2) is 0 Å². The number of carbonyl (C=O) groups is 3. The average Bonchev–Trinajstić information content (AvgIpc) is 2.44. The number of ether oxygens (including phenoxy) is 2. The molecule has 126 valence electrons. The molecule has 1 aromatic carbocycles. The van der Waals surface area contributed by atoms with Crippen LogP contribution in [0.1, 0.15) is 32.8 Å². The average molecular weight is 323 g/mol. The Hall–Kier alpha value is -2.41. The molecule has 0 heterocycles. The third kappa shape index (κ3) is 6.07. The van der Waals surface area contributed by atoms with Crippen LogP contribution in [0.2, 0.25) is 0 Å². The summed E-state index contributed by atoms with van der Waals surface area (Å²) in [6.45, 7) is 4.83. The predicted octanol–water partition coefficient (Wildman–Crippen LogP) is 2.10. The fourth-order valence-corrected chi connectivity index (χ4v) is 1.72. The maximum Gasteiger partial charge on any atom is 0.410 e. The van der Waals surface area contributed by atoms with Crippen LogP contribution in [0.15, 0.2) is 30.3 Å². The van der Waals surface area contributed by atoms with Crippen molar-refractivity contribution in [3.63, 3.8) is 0 Å². The number of amides is 1. The van der Waals surface area contributed by atoms with Crippen molar-refractivity contribution in [1.29, 1.82) is 0 Å². The molecule has 0 saturated carbocycles. The van der Waals surface area contributed by atoms with E-state index in [0.717, 1.165) is 0 Å². The lowest BCUT2D eigenvalue weighted by Gasteiger charge is -2.30. The molecule has 23 heavy (non-hydrogen) atoms. The van der Waals surface area contributed by atoms with Crippen molar-refractivity contribution in [3.8, 4) is 0 Å². The first-order valence-electron chi connectivity index (χ1n) is 7.04. The molecule has 0 aliphatic carbocycles. The highest BCUT2D eigenvalue weighted by molar-refractivity contribution is 5.85. The molecule has 1 aromatic rings. The Balaban J connectivity index is 2.90. The first-order valence-corrected chi connectivity index (χ1v) is 7.04. The van der Waals surface area contributed by atoms with Gasteiger partial charge in [-0.05, 0) is 26.3 Å². The van der Waals surface area contributed by atoms with Crippen LogP contribution < -0.4 is 5.32 Å². The van der Waals surface area contributed by atoms with Crippen molar-refractivity contribution in [2.24, 2.45) is 0 Å². The van der Waals surface area contributed by atoms with Gasteiger partial charge in [0.1, 0.15) is 11.9 Å². The zero-order valence-electron chi connectivity index (χ0n) is 13.4. The number of carboxylic acids is 1. The van der Waals surface area contributed by atoms with Gasteiger partial charge in [-0.3, -0.25) is 5.32 Å². The van der Waals surface area contributed by atoms with Crippen molar-refractivity contribution in [3.05, 3.63) is 35.9 Å². The van der Waals surface area contributed by atoms with Crippen molar-refractivity contribution in [2.45, 2.75) is 45.1 Å². The molecule has 0 bridgehead atoms. The first kappa shape index (κ1) is 18.6. The molecule has 1 amide bonds. The van der Waals surface area contributed by atoms with Crippen LogP contribution in [0.25, 0.3) is 0 Å². The second-order valence-electron chi connectivity index (χ2n) is 5.90. The minimum absolute atomic E-state index is 0.0865. The molecule has 0 aromatic heterocycles. The Kier molecular flexibility index (Phi) is 6.27. The van der Waals surface area contributed by atoms with E-state index in [9.17, 15) is 19.5 Å². The molecule has 7 nitrogen and oxygen atoms in total. The van der Waals surface area contributed by atoms with E-state index in [-0.39, 0.29) is 6.61 Å². The third-order valence-corrected chi connectivity index (χ3v) is 2.75. The summed E-state index contributed by atoms with van der Waals surface area (Å²) in [5.74, 6) is -1.48. The topological polar surface area (TPSA) is 102 Å². The highest BCUT2D eigenvalue weighted by Gasteiger charge is 2.42. The minimum Gasteiger partial charge on any atom is -0.478 e. The molecule has 0 radical (unpaired) electrons. The molecule has 0 spiro atoms. The lowest BCUT2D eigenvalue weighted by molar-refractivity contribution is -0.174. The molecule has 1 unspecified atom stereocenters. The lowest BCUT2D eigenvalue weighted by atomic mass is 10.1. The summed E-state index contributed by atoms with van der Waals surface area (Å²) in [4.78, 5) is 34.3.